The van der Waals surface area contributed by atoms with Crippen LogP contribution in [0.25, 0.3) is 0 Å². The van der Waals surface area contributed by atoms with Crippen molar-refractivity contribution in [3.05, 3.63) is 0 Å². The van der Waals surface area contributed by atoms with Gasteiger partial charge in [0.15, 0.2) is 0 Å². The Morgan fingerprint density at radius 3 is 2.30 bits per heavy atom. The van der Waals surface area contributed by atoms with Gasteiger partial charge in [-0.05, 0) is 24.7 Å². The van der Waals surface area contributed by atoms with Gasteiger partial charge in [0.25, 0.3) is 0 Å². The Kier molecular flexibility index (Phi) is 1.77. The molecule has 2 nitrogen and oxygen atoms in total. The summed E-state index contributed by atoms with van der Waals surface area (Å²) in [6.45, 7) is 4.35. The number of hydrogen-bond donors (Lipinski definition) is 2. The van der Waals surface area contributed by atoms with Crippen LogP contribution in [0.2, 0.25) is 0 Å². The van der Waals surface area contributed by atoms with E-state index in [2.05, 4.69) is 13.8 Å². The molecule has 0 unspecified atom stereocenters. The summed E-state index contributed by atoms with van der Waals surface area (Å²) in [6.07, 6.45) is 3.23. The number of rotatable bonds is 3. The van der Waals surface area contributed by atoms with Crippen LogP contribution in [0.15, 0.2) is 0 Å². The van der Waals surface area contributed by atoms with E-state index in [0.29, 0.717) is 0 Å². The van der Waals surface area contributed by atoms with Crippen LogP contribution >= 0.6 is 0 Å². The van der Waals surface area contributed by atoms with E-state index in [1.165, 1.54) is 0 Å². The quantitative estimate of drug-likeness (QED) is 0.616. The maximum Gasteiger partial charge on any atom is 0.0482 e. The molecule has 0 bridgehead atoms. The standard InChI is InChI=1S/C8H17NO/c1-7(2,6-10)5-8(9)3-4-8/h10H,3-6,9H2,1-2H3. The van der Waals surface area contributed by atoms with Crippen molar-refractivity contribution in [1.29, 1.82) is 0 Å². The van der Waals surface area contributed by atoms with Gasteiger partial charge < -0.3 is 10.8 Å². The van der Waals surface area contributed by atoms with Crippen molar-refractivity contribution in [3.8, 4) is 0 Å². The van der Waals surface area contributed by atoms with E-state index in [1.54, 1.807) is 0 Å². The van der Waals surface area contributed by atoms with E-state index in [-0.39, 0.29) is 17.6 Å². The molecule has 0 spiro atoms. The van der Waals surface area contributed by atoms with E-state index in [0.717, 1.165) is 19.3 Å². The highest BCUT2D eigenvalue weighted by Gasteiger charge is 2.42. The first-order valence-electron chi connectivity index (χ1n) is 3.87. The number of aliphatic hydroxyl groups excluding tert-OH is 1. The minimum atomic E-state index is 0.0191. The second-order valence-electron chi connectivity index (χ2n) is 4.36. The third kappa shape index (κ3) is 1.96. The Labute approximate surface area is 62.4 Å². The summed E-state index contributed by atoms with van der Waals surface area (Å²) in [5.74, 6) is 0. The average molecular weight is 143 g/mol. The van der Waals surface area contributed by atoms with Gasteiger partial charge in [-0.15, -0.1) is 0 Å². The highest BCUT2D eigenvalue weighted by atomic mass is 16.3. The molecule has 0 saturated heterocycles. The molecule has 60 valence electrons. The van der Waals surface area contributed by atoms with Crippen LogP contribution in [0.4, 0.5) is 0 Å². The fourth-order valence-corrected chi connectivity index (χ4v) is 1.35. The Hall–Kier alpha value is -0.0800. The largest absolute Gasteiger partial charge is 0.396 e. The van der Waals surface area contributed by atoms with Crippen molar-refractivity contribution in [3.63, 3.8) is 0 Å². The molecule has 3 N–H and O–H groups in total. The zero-order valence-corrected chi connectivity index (χ0v) is 6.85. The van der Waals surface area contributed by atoms with E-state index in [9.17, 15) is 0 Å². The molecule has 0 heterocycles. The second kappa shape index (κ2) is 2.21. The van der Waals surface area contributed by atoms with E-state index in [1.807, 2.05) is 0 Å². The summed E-state index contributed by atoms with van der Waals surface area (Å²) in [7, 11) is 0. The topological polar surface area (TPSA) is 46.2 Å². The van der Waals surface area contributed by atoms with Crippen LogP contribution in [0.5, 0.6) is 0 Å². The molecule has 1 aliphatic carbocycles. The minimum absolute atomic E-state index is 0.0191. The van der Waals surface area contributed by atoms with Gasteiger partial charge >= 0.3 is 0 Å². The molecule has 1 rings (SSSR count). The van der Waals surface area contributed by atoms with Crippen LogP contribution in [0.3, 0.4) is 0 Å². The van der Waals surface area contributed by atoms with Crippen molar-refractivity contribution in [2.45, 2.75) is 38.6 Å². The Balaban J connectivity index is 2.36. The van der Waals surface area contributed by atoms with Gasteiger partial charge in [0.2, 0.25) is 0 Å². The average Bonchev–Trinajstić information content (AvgIpc) is 2.47. The summed E-state index contributed by atoms with van der Waals surface area (Å²) in [6, 6.07) is 0. The highest BCUT2D eigenvalue weighted by Crippen LogP contribution is 2.41. The molecule has 0 atom stereocenters. The predicted molar refractivity (Wildman–Crippen MR) is 41.6 cm³/mol. The molecule has 0 aromatic rings. The fourth-order valence-electron chi connectivity index (χ4n) is 1.35. The third-order valence-corrected chi connectivity index (χ3v) is 2.15. The van der Waals surface area contributed by atoms with Gasteiger partial charge in [-0.25, -0.2) is 0 Å². The Morgan fingerprint density at radius 2 is 2.00 bits per heavy atom. The molecule has 0 aliphatic heterocycles. The lowest BCUT2D eigenvalue weighted by atomic mass is 9.86. The normalized spacial score (nSPS) is 22.8. The molecule has 0 amide bonds. The van der Waals surface area contributed by atoms with Crippen molar-refractivity contribution in [1.82, 2.24) is 0 Å². The number of nitrogens with two attached hydrogens (primary N) is 1. The SMILES string of the molecule is CC(C)(CO)CC1(N)CC1. The van der Waals surface area contributed by atoms with Gasteiger partial charge in [-0.3, -0.25) is 0 Å². The second-order valence-corrected chi connectivity index (χ2v) is 4.36. The number of aliphatic hydroxyl groups is 1. The first-order chi connectivity index (χ1) is 4.47. The molecular formula is C8H17NO. The molecule has 0 aromatic carbocycles. The van der Waals surface area contributed by atoms with Crippen LogP contribution in [-0.4, -0.2) is 17.3 Å². The van der Waals surface area contributed by atoms with Gasteiger partial charge in [0.1, 0.15) is 0 Å². The van der Waals surface area contributed by atoms with Crippen molar-refractivity contribution < 1.29 is 5.11 Å². The van der Waals surface area contributed by atoms with Crippen LogP contribution in [0.1, 0.15) is 33.1 Å². The van der Waals surface area contributed by atoms with Gasteiger partial charge in [-0.2, -0.15) is 0 Å². The van der Waals surface area contributed by atoms with Crippen LogP contribution < -0.4 is 5.73 Å². The maximum atomic E-state index is 8.93. The van der Waals surface area contributed by atoms with E-state index < -0.39 is 0 Å². The molecule has 2 heteroatoms. The van der Waals surface area contributed by atoms with Crippen molar-refractivity contribution in [2.75, 3.05) is 6.61 Å². The third-order valence-electron chi connectivity index (χ3n) is 2.15. The lowest BCUT2D eigenvalue weighted by Crippen LogP contribution is -2.31. The molecule has 0 radical (unpaired) electrons. The minimum Gasteiger partial charge on any atom is -0.396 e. The molecule has 1 aliphatic rings. The Morgan fingerprint density at radius 1 is 1.50 bits per heavy atom. The van der Waals surface area contributed by atoms with Gasteiger partial charge in [0.05, 0.1) is 0 Å². The molecule has 10 heavy (non-hydrogen) atoms. The van der Waals surface area contributed by atoms with Crippen molar-refractivity contribution in [2.24, 2.45) is 11.1 Å². The van der Waals surface area contributed by atoms with E-state index >= 15 is 0 Å². The molecule has 1 saturated carbocycles. The molecule has 0 aromatic heterocycles. The lowest BCUT2D eigenvalue weighted by molar-refractivity contribution is 0.139. The smallest absolute Gasteiger partial charge is 0.0482 e. The first-order valence-corrected chi connectivity index (χ1v) is 3.87. The molecular weight excluding hydrogens is 126 g/mol. The number of hydrogen-bond acceptors (Lipinski definition) is 2. The monoisotopic (exact) mass is 143 g/mol. The summed E-state index contributed by atoms with van der Waals surface area (Å²) in [5, 5.41) is 8.93. The highest BCUT2D eigenvalue weighted by molar-refractivity contribution is 5.01. The first kappa shape index (κ1) is 8.02. The van der Waals surface area contributed by atoms with Crippen LogP contribution in [-0.2, 0) is 0 Å². The zero-order chi connectivity index (χ0) is 7.83. The lowest BCUT2D eigenvalue weighted by Gasteiger charge is -2.25. The fraction of sp³-hybridized carbons (Fsp3) is 1.00. The predicted octanol–water partition coefficient (Wildman–Crippen LogP) is 0.886. The van der Waals surface area contributed by atoms with Crippen molar-refractivity contribution >= 4 is 0 Å². The van der Waals surface area contributed by atoms with Gasteiger partial charge in [0, 0.05) is 12.1 Å². The van der Waals surface area contributed by atoms with Crippen LogP contribution in [0, 0.1) is 5.41 Å². The molecule has 1 fully saturated rings. The summed E-state index contributed by atoms with van der Waals surface area (Å²) < 4.78 is 0. The summed E-state index contributed by atoms with van der Waals surface area (Å²) >= 11 is 0. The summed E-state index contributed by atoms with van der Waals surface area (Å²) in [5.41, 5.74) is 5.99. The Bertz CT molecular complexity index is 127. The maximum absolute atomic E-state index is 8.93. The zero-order valence-electron chi connectivity index (χ0n) is 6.85. The van der Waals surface area contributed by atoms with E-state index in [4.69, 9.17) is 10.8 Å². The summed E-state index contributed by atoms with van der Waals surface area (Å²) in [4.78, 5) is 0. The van der Waals surface area contributed by atoms with Gasteiger partial charge in [-0.1, -0.05) is 13.8 Å².